The van der Waals surface area contributed by atoms with Crippen molar-refractivity contribution in [2.45, 2.75) is 27.3 Å². The van der Waals surface area contributed by atoms with Crippen molar-refractivity contribution in [3.63, 3.8) is 0 Å². The number of piperazine rings is 1. The molecule has 0 aromatic carbocycles. The first-order chi connectivity index (χ1) is 12.6. The maximum absolute atomic E-state index is 12.3. The van der Waals surface area contributed by atoms with Gasteiger partial charge >= 0.3 is 0 Å². The highest BCUT2D eigenvalue weighted by atomic mass is 32.1. The Labute approximate surface area is 159 Å². The van der Waals surface area contributed by atoms with Gasteiger partial charge in [-0.25, -0.2) is 4.98 Å². The van der Waals surface area contributed by atoms with Gasteiger partial charge in [0.05, 0.1) is 17.1 Å². The first kappa shape index (κ1) is 19.1. The molecule has 3 heterocycles. The molecule has 1 fully saturated rings. The number of likely N-dealkylation sites (N-methyl/N-ethyl adjacent to an activating group) is 1. The van der Waals surface area contributed by atoms with Crippen molar-refractivity contribution in [2.24, 2.45) is 0 Å². The Balaban J connectivity index is 1.51. The van der Waals surface area contributed by atoms with Crippen LogP contribution in [0.5, 0.6) is 0 Å². The van der Waals surface area contributed by atoms with Crippen LogP contribution in [0.3, 0.4) is 0 Å². The molecule has 0 spiro atoms. The third-order valence-corrected chi connectivity index (χ3v) is 5.80. The van der Waals surface area contributed by atoms with Crippen LogP contribution in [-0.4, -0.2) is 71.4 Å². The summed E-state index contributed by atoms with van der Waals surface area (Å²) < 4.78 is 5.84. The summed E-state index contributed by atoms with van der Waals surface area (Å²) in [5.74, 6) is 1.85. The number of hydrogen-bond donors (Lipinski definition) is 0. The molecule has 2 aromatic rings. The number of amides is 1. The van der Waals surface area contributed by atoms with E-state index in [1.54, 1.807) is 11.3 Å². The number of thiophene rings is 1. The lowest BCUT2D eigenvalue weighted by Crippen LogP contribution is -2.49. The molecule has 1 aliphatic rings. The van der Waals surface area contributed by atoms with Crippen LogP contribution >= 0.6 is 11.3 Å². The molecule has 1 amide bonds. The van der Waals surface area contributed by atoms with E-state index in [0.29, 0.717) is 6.54 Å². The van der Waals surface area contributed by atoms with E-state index in [1.165, 1.54) is 0 Å². The molecule has 142 valence electrons. The molecule has 0 N–H and O–H groups in total. The van der Waals surface area contributed by atoms with Crippen molar-refractivity contribution in [2.75, 3.05) is 45.8 Å². The standard InChI is InChI=1S/C19H28N4O2S/c1-4-23(5-2)18(24)14-22-10-8-21(9-11-22)13-16-15(3)25-19(20-16)17-7-6-12-26-17/h6-7,12H,4-5,8-11,13-14H2,1-3H3. The topological polar surface area (TPSA) is 52.8 Å². The maximum atomic E-state index is 12.3. The molecule has 0 radical (unpaired) electrons. The van der Waals surface area contributed by atoms with Gasteiger partial charge in [0.25, 0.3) is 0 Å². The van der Waals surface area contributed by atoms with Gasteiger partial charge in [-0.05, 0) is 32.2 Å². The molecule has 0 aliphatic carbocycles. The molecule has 2 aromatic heterocycles. The van der Waals surface area contributed by atoms with Crippen molar-refractivity contribution < 1.29 is 9.21 Å². The Morgan fingerprint density at radius 2 is 1.92 bits per heavy atom. The summed E-state index contributed by atoms with van der Waals surface area (Å²) in [6.45, 7) is 12.7. The number of carbonyl (C=O) groups excluding carboxylic acids is 1. The fourth-order valence-electron chi connectivity index (χ4n) is 3.27. The number of oxazole rings is 1. The second-order valence-corrected chi connectivity index (χ2v) is 7.57. The molecule has 6 nitrogen and oxygen atoms in total. The van der Waals surface area contributed by atoms with Gasteiger partial charge in [-0.1, -0.05) is 6.07 Å². The van der Waals surface area contributed by atoms with Gasteiger partial charge in [0, 0.05) is 45.8 Å². The second-order valence-electron chi connectivity index (χ2n) is 6.62. The van der Waals surface area contributed by atoms with Crippen molar-refractivity contribution in [1.82, 2.24) is 19.7 Å². The highest BCUT2D eigenvalue weighted by Crippen LogP contribution is 2.26. The molecule has 0 unspecified atom stereocenters. The van der Waals surface area contributed by atoms with Gasteiger partial charge in [-0.15, -0.1) is 11.3 Å². The maximum Gasteiger partial charge on any atom is 0.236 e. The quantitative estimate of drug-likeness (QED) is 0.744. The van der Waals surface area contributed by atoms with Crippen LogP contribution < -0.4 is 0 Å². The zero-order valence-electron chi connectivity index (χ0n) is 15.9. The van der Waals surface area contributed by atoms with Crippen LogP contribution in [0.15, 0.2) is 21.9 Å². The largest absolute Gasteiger partial charge is 0.440 e. The number of nitrogens with zero attached hydrogens (tertiary/aromatic N) is 4. The molecular weight excluding hydrogens is 348 g/mol. The van der Waals surface area contributed by atoms with E-state index in [9.17, 15) is 4.79 Å². The van der Waals surface area contributed by atoms with Crippen LogP contribution in [0.4, 0.5) is 0 Å². The molecule has 0 saturated carbocycles. The minimum Gasteiger partial charge on any atom is -0.440 e. The lowest BCUT2D eigenvalue weighted by Gasteiger charge is -2.34. The first-order valence-electron chi connectivity index (χ1n) is 9.33. The van der Waals surface area contributed by atoms with Crippen molar-refractivity contribution in [3.8, 4) is 10.8 Å². The van der Waals surface area contributed by atoms with Crippen LogP contribution in [-0.2, 0) is 11.3 Å². The summed E-state index contributed by atoms with van der Waals surface area (Å²) in [6, 6.07) is 4.04. The van der Waals surface area contributed by atoms with Crippen LogP contribution in [0.1, 0.15) is 25.3 Å². The number of rotatable bonds is 7. The molecule has 1 aliphatic heterocycles. The minimum atomic E-state index is 0.233. The van der Waals surface area contributed by atoms with Crippen molar-refractivity contribution in [1.29, 1.82) is 0 Å². The Hall–Kier alpha value is -1.70. The summed E-state index contributed by atoms with van der Waals surface area (Å²) in [6.07, 6.45) is 0. The van der Waals surface area contributed by atoms with Gasteiger partial charge in [-0.3, -0.25) is 14.6 Å². The highest BCUT2D eigenvalue weighted by Gasteiger charge is 2.22. The van der Waals surface area contributed by atoms with Crippen molar-refractivity contribution in [3.05, 3.63) is 29.0 Å². The second kappa shape index (κ2) is 8.79. The smallest absolute Gasteiger partial charge is 0.236 e. The van der Waals surface area contributed by atoms with Gasteiger partial charge in [0.2, 0.25) is 11.8 Å². The van der Waals surface area contributed by atoms with Gasteiger partial charge in [0.1, 0.15) is 5.76 Å². The summed E-state index contributed by atoms with van der Waals surface area (Å²) in [5.41, 5.74) is 1.01. The Bertz CT molecular complexity index is 701. The first-order valence-corrected chi connectivity index (χ1v) is 10.2. The SMILES string of the molecule is CCN(CC)C(=O)CN1CCN(Cc2nc(-c3cccs3)oc2C)CC1. The van der Waals surface area contributed by atoms with E-state index >= 15 is 0 Å². The van der Waals surface area contributed by atoms with E-state index in [-0.39, 0.29) is 5.91 Å². The third kappa shape index (κ3) is 4.52. The number of carbonyl (C=O) groups is 1. The summed E-state index contributed by atoms with van der Waals surface area (Å²) in [4.78, 5) is 24.6. The number of aromatic nitrogens is 1. The normalized spacial score (nSPS) is 16.1. The van der Waals surface area contributed by atoms with Crippen molar-refractivity contribution >= 4 is 17.2 Å². The summed E-state index contributed by atoms with van der Waals surface area (Å²) in [5, 5.41) is 2.03. The predicted octanol–water partition coefficient (Wildman–Crippen LogP) is 2.70. The molecule has 0 atom stereocenters. The summed E-state index contributed by atoms with van der Waals surface area (Å²) >= 11 is 1.64. The van der Waals surface area contributed by atoms with Crippen LogP contribution in [0.25, 0.3) is 10.8 Å². The van der Waals surface area contributed by atoms with E-state index in [0.717, 1.165) is 68.0 Å². The fraction of sp³-hybridized carbons (Fsp3) is 0.579. The van der Waals surface area contributed by atoms with Crippen LogP contribution in [0, 0.1) is 6.92 Å². The third-order valence-electron chi connectivity index (χ3n) is 4.94. The predicted molar refractivity (Wildman–Crippen MR) is 104 cm³/mol. The molecule has 7 heteroatoms. The Morgan fingerprint density at radius 1 is 1.23 bits per heavy atom. The summed E-state index contributed by atoms with van der Waals surface area (Å²) in [7, 11) is 0. The fourth-order valence-corrected chi connectivity index (χ4v) is 3.91. The Morgan fingerprint density at radius 3 is 2.54 bits per heavy atom. The zero-order valence-corrected chi connectivity index (χ0v) is 16.7. The van der Waals surface area contributed by atoms with Gasteiger partial charge in [-0.2, -0.15) is 0 Å². The van der Waals surface area contributed by atoms with Gasteiger partial charge in [0.15, 0.2) is 0 Å². The molecule has 0 bridgehead atoms. The molecule has 26 heavy (non-hydrogen) atoms. The van der Waals surface area contributed by atoms with Gasteiger partial charge < -0.3 is 9.32 Å². The van der Waals surface area contributed by atoms with Crippen LogP contribution in [0.2, 0.25) is 0 Å². The number of aryl methyl sites for hydroxylation is 1. The van der Waals surface area contributed by atoms with E-state index in [1.807, 2.05) is 43.2 Å². The average Bonchev–Trinajstić information content (AvgIpc) is 3.28. The van der Waals surface area contributed by atoms with E-state index in [4.69, 9.17) is 4.42 Å². The highest BCUT2D eigenvalue weighted by molar-refractivity contribution is 7.13. The average molecular weight is 377 g/mol. The lowest BCUT2D eigenvalue weighted by atomic mass is 10.2. The van der Waals surface area contributed by atoms with E-state index < -0.39 is 0 Å². The Kier molecular flexibility index (Phi) is 6.45. The monoisotopic (exact) mass is 376 g/mol. The van der Waals surface area contributed by atoms with E-state index in [2.05, 4.69) is 14.8 Å². The zero-order chi connectivity index (χ0) is 18.5. The lowest BCUT2D eigenvalue weighted by molar-refractivity contribution is -0.132. The molecular formula is C19H28N4O2S. The number of hydrogen-bond acceptors (Lipinski definition) is 6. The molecule has 1 saturated heterocycles. The minimum absolute atomic E-state index is 0.233. The molecule has 3 rings (SSSR count).